The van der Waals surface area contributed by atoms with Crippen molar-refractivity contribution in [2.75, 3.05) is 0 Å². The first-order chi connectivity index (χ1) is 41.6. The summed E-state index contributed by atoms with van der Waals surface area (Å²) in [5.74, 6) is 0. The van der Waals surface area contributed by atoms with Crippen molar-refractivity contribution in [3.05, 3.63) is 81.5 Å². The Morgan fingerprint density at radius 1 is 0.214 bits per heavy atom. The van der Waals surface area contributed by atoms with Crippen molar-refractivity contribution in [2.24, 2.45) is 0 Å². The Bertz CT molecular complexity index is 2700. The van der Waals surface area contributed by atoms with Crippen molar-refractivity contribution < 1.29 is 0 Å². The summed E-state index contributed by atoms with van der Waals surface area (Å²) in [6.45, 7) is 9.29. The molecule has 0 aromatic carbocycles. The number of thiophene rings is 8. The number of aryl methyl sites for hydroxylation is 4. The normalized spacial score (nSPS) is 12.0. The smallest absolute Gasteiger partial charge is 0.0482 e. The monoisotopic (exact) mass is 1280 g/mol. The van der Waals surface area contributed by atoms with Crippen LogP contribution < -0.4 is 0 Å². The van der Waals surface area contributed by atoms with Crippen LogP contribution in [-0.2, 0) is 25.7 Å². The lowest BCUT2D eigenvalue weighted by molar-refractivity contribution is 0.556. The van der Waals surface area contributed by atoms with Gasteiger partial charge in [-0.1, -0.05) is 259 Å². The molecule has 0 aliphatic rings. The highest BCUT2D eigenvalue weighted by Crippen LogP contribution is 2.52. The third-order valence-electron chi connectivity index (χ3n) is 17.9. The molecule has 8 aromatic heterocycles. The molecule has 0 aliphatic heterocycles. The molecule has 8 rings (SSSR count). The van der Waals surface area contributed by atoms with E-state index in [2.05, 4.69) is 132 Å². The van der Waals surface area contributed by atoms with E-state index >= 15 is 0 Å². The summed E-state index contributed by atoms with van der Waals surface area (Å²) in [5.41, 5.74) is 6.34. The van der Waals surface area contributed by atoms with Crippen LogP contribution in [0.5, 0.6) is 0 Å². The van der Waals surface area contributed by atoms with Gasteiger partial charge in [-0.25, -0.2) is 0 Å². The molecule has 0 atom stereocenters. The van der Waals surface area contributed by atoms with Crippen molar-refractivity contribution in [2.45, 2.75) is 310 Å². The average Bonchev–Trinajstić information content (AvgIpc) is 4.21. The maximum absolute atomic E-state index is 2.66. The highest BCUT2D eigenvalue weighted by atomic mass is 32.1. The molecule has 0 N–H and O–H groups in total. The number of unbranched alkanes of at least 4 members (excludes halogenated alkanes) is 36. The Morgan fingerprint density at radius 2 is 0.440 bits per heavy atom. The fourth-order valence-corrected chi connectivity index (χ4v) is 22.5. The van der Waals surface area contributed by atoms with Crippen molar-refractivity contribution in [3.63, 3.8) is 0 Å². The third kappa shape index (κ3) is 22.3. The van der Waals surface area contributed by atoms with E-state index < -0.39 is 0 Å². The zero-order valence-corrected chi connectivity index (χ0v) is 59.7. The van der Waals surface area contributed by atoms with Crippen molar-refractivity contribution >= 4 is 109 Å². The van der Waals surface area contributed by atoms with Crippen LogP contribution in [0, 0.1) is 0 Å². The van der Waals surface area contributed by atoms with Crippen LogP contribution in [0.1, 0.15) is 307 Å². The van der Waals surface area contributed by atoms with Gasteiger partial charge in [-0.15, -0.1) is 90.7 Å². The van der Waals surface area contributed by atoms with Crippen LogP contribution in [0.4, 0.5) is 0 Å². The molecule has 0 radical (unpaired) electrons. The predicted octanol–water partition coefficient (Wildman–Crippen LogP) is 30.7. The molecule has 8 heterocycles. The molecule has 462 valence electrons. The molecule has 0 saturated heterocycles. The second-order valence-corrected chi connectivity index (χ2v) is 33.4. The first kappa shape index (κ1) is 68.0. The number of hydrogen-bond acceptors (Lipinski definition) is 8. The van der Waals surface area contributed by atoms with Crippen LogP contribution in [0.3, 0.4) is 0 Å². The molecule has 84 heavy (non-hydrogen) atoms. The van der Waals surface area contributed by atoms with E-state index in [-0.39, 0.29) is 0 Å². The molecule has 0 aliphatic carbocycles. The fourth-order valence-electron chi connectivity index (χ4n) is 12.7. The zero-order chi connectivity index (χ0) is 58.2. The van der Waals surface area contributed by atoms with Gasteiger partial charge in [0.15, 0.2) is 0 Å². The molecule has 0 amide bonds. The van der Waals surface area contributed by atoms with Crippen LogP contribution in [-0.4, -0.2) is 0 Å². The Morgan fingerprint density at radius 3 is 0.702 bits per heavy atom. The molecule has 0 unspecified atom stereocenters. The molecule has 8 aromatic rings. The maximum atomic E-state index is 2.66. The minimum absolute atomic E-state index is 1.19. The molecular weight excluding hydrogens is 1170 g/mol. The Kier molecular flexibility index (Phi) is 32.4. The lowest BCUT2D eigenvalue weighted by atomic mass is 10.0. The maximum Gasteiger partial charge on any atom is 0.0482 e. The lowest BCUT2D eigenvalue weighted by Gasteiger charge is -2.04. The topological polar surface area (TPSA) is 0 Å². The molecule has 0 saturated carbocycles. The summed E-state index contributed by atoms with van der Waals surface area (Å²) in [7, 11) is 0. The number of rotatable bonds is 49. The van der Waals surface area contributed by atoms with Crippen LogP contribution >= 0.6 is 90.7 Å². The molecule has 0 bridgehead atoms. The van der Waals surface area contributed by atoms with Crippen molar-refractivity contribution in [3.8, 4) is 48.8 Å². The highest BCUT2D eigenvalue weighted by molar-refractivity contribution is 7.35. The standard InChI is InChI=1S/C76H110S8/c1-5-9-13-17-21-25-29-33-37-41-45-59-49-51-77-73(59)69-55-65-67(79-69)57-71(81-65)75-61(47-43-39-35-31-27-23-19-15-11-7-3)53-63(83-75)64-54-62(48-44-40-36-32-28-24-20-16-12-8-4)76(84-64)72-58-68-66(82-72)56-70(80-68)74-60(50-52-78-74)46-42-38-34-30-26-22-18-14-10-6-2/h49-58H,5-48H2,1-4H3. The highest BCUT2D eigenvalue weighted by Gasteiger charge is 2.22. The second kappa shape index (κ2) is 40.0. The van der Waals surface area contributed by atoms with Gasteiger partial charge in [0, 0.05) is 67.6 Å². The van der Waals surface area contributed by atoms with Crippen LogP contribution in [0.15, 0.2) is 59.3 Å². The van der Waals surface area contributed by atoms with Crippen LogP contribution in [0.25, 0.3) is 67.6 Å². The van der Waals surface area contributed by atoms with Gasteiger partial charge in [0.05, 0.1) is 0 Å². The number of fused-ring (bicyclic) bond motifs is 2. The minimum Gasteiger partial charge on any atom is -0.143 e. The van der Waals surface area contributed by atoms with E-state index in [1.165, 1.54) is 340 Å². The van der Waals surface area contributed by atoms with E-state index in [9.17, 15) is 0 Å². The lowest BCUT2D eigenvalue weighted by Crippen LogP contribution is -1.87. The Labute approximate surface area is 545 Å². The Balaban J connectivity index is 0.972. The van der Waals surface area contributed by atoms with Crippen molar-refractivity contribution in [1.29, 1.82) is 0 Å². The largest absolute Gasteiger partial charge is 0.143 e. The molecule has 0 fully saturated rings. The summed E-state index contributed by atoms with van der Waals surface area (Å²) < 4.78 is 5.91. The molecule has 8 heteroatoms. The molecule has 0 nitrogen and oxygen atoms in total. The first-order valence-corrected chi connectivity index (χ1v) is 41.7. The summed E-state index contributed by atoms with van der Waals surface area (Å²) in [4.78, 5) is 15.1. The van der Waals surface area contributed by atoms with Gasteiger partial charge >= 0.3 is 0 Å². The predicted molar refractivity (Wildman–Crippen MR) is 394 cm³/mol. The fraction of sp³-hybridized carbons (Fsp3) is 0.632. The number of hydrogen-bond donors (Lipinski definition) is 0. The SMILES string of the molecule is CCCCCCCCCCCCc1ccsc1-c1cc2sc(-c3sc(-c4cc(CCCCCCCCCCCC)c(-c5cc6sc(-c7sccc7CCCCCCCCCCCC)cc6s5)s4)cc3CCCCCCCCCCCC)cc2s1. The van der Waals surface area contributed by atoms with E-state index in [0.29, 0.717) is 0 Å². The van der Waals surface area contributed by atoms with Gasteiger partial charge in [0.2, 0.25) is 0 Å². The summed E-state index contributed by atoms with van der Waals surface area (Å²) in [5, 5.41) is 4.70. The van der Waals surface area contributed by atoms with E-state index in [0.717, 1.165) is 0 Å². The first-order valence-electron chi connectivity index (χ1n) is 35.0. The van der Waals surface area contributed by atoms with E-state index in [1.807, 2.05) is 45.3 Å². The second-order valence-electron chi connectivity index (χ2n) is 25.1. The van der Waals surface area contributed by atoms with Gasteiger partial charge in [-0.3, -0.25) is 0 Å². The van der Waals surface area contributed by atoms with Crippen molar-refractivity contribution in [1.82, 2.24) is 0 Å². The van der Waals surface area contributed by atoms with Gasteiger partial charge in [-0.2, -0.15) is 0 Å². The van der Waals surface area contributed by atoms with E-state index in [4.69, 9.17) is 0 Å². The minimum atomic E-state index is 1.19. The van der Waals surface area contributed by atoms with E-state index in [1.54, 1.807) is 32.0 Å². The molecule has 0 spiro atoms. The van der Waals surface area contributed by atoms with Gasteiger partial charge in [-0.05, 0) is 133 Å². The zero-order valence-electron chi connectivity index (χ0n) is 53.2. The van der Waals surface area contributed by atoms with Gasteiger partial charge in [0.1, 0.15) is 0 Å². The Hall–Kier alpha value is -1.88. The third-order valence-corrected chi connectivity index (χ3v) is 27.6. The summed E-state index contributed by atoms with van der Waals surface area (Å²) in [6.07, 6.45) is 60.5. The van der Waals surface area contributed by atoms with Gasteiger partial charge in [0.25, 0.3) is 0 Å². The van der Waals surface area contributed by atoms with Gasteiger partial charge < -0.3 is 0 Å². The van der Waals surface area contributed by atoms with Crippen LogP contribution in [0.2, 0.25) is 0 Å². The summed E-state index contributed by atoms with van der Waals surface area (Å²) in [6, 6.07) is 20.4. The molecular formula is C76H110S8. The summed E-state index contributed by atoms with van der Waals surface area (Å²) >= 11 is 16.4. The quantitative estimate of drug-likeness (QED) is 0.0334. The average molecular weight is 1280 g/mol.